The van der Waals surface area contributed by atoms with Crippen LogP contribution in [-0.4, -0.2) is 50.0 Å². The number of hydrogen-bond donors (Lipinski definition) is 2. The van der Waals surface area contributed by atoms with Crippen molar-refractivity contribution in [3.8, 4) is 5.75 Å². The van der Waals surface area contributed by atoms with Gasteiger partial charge in [0.2, 0.25) is 0 Å². The Bertz CT molecular complexity index is 1180. The summed E-state index contributed by atoms with van der Waals surface area (Å²) < 4.78 is 5.39. The molecule has 1 heterocycles. The summed E-state index contributed by atoms with van der Waals surface area (Å²) in [5.41, 5.74) is 3.07. The maximum Gasteiger partial charge on any atom is 0.255 e. The van der Waals surface area contributed by atoms with Crippen LogP contribution in [0.1, 0.15) is 57.9 Å². The average Bonchev–Trinajstić information content (AvgIpc) is 2.93. The number of likely N-dealkylation sites (tertiary alicyclic amines) is 1. The molecule has 6 nitrogen and oxygen atoms in total. The number of nitrogens with one attached hydrogen (secondary N) is 2. The van der Waals surface area contributed by atoms with Gasteiger partial charge in [-0.3, -0.25) is 9.59 Å². The summed E-state index contributed by atoms with van der Waals surface area (Å²) in [6.45, 7) is 3.88. The quantitative estimate of drug-likeness (QED) is 0.323. The number of nitrogens with zero attached hydrogens (tertiary/aromatic N) is 1. The van der Waals surface area contributed by atoms with Gasteiger partial charge in [0.1, 0.15) is 5.75 Å². The van der Waals surface area contributed by atoms with Gasteiger partial charge < -0.3 is 20.3 Å². The first-order chi connectivity index (χ1) is 18.0. The summed E-state index contributed by atoms with van der Waals surface area (Å²) >= 11 is 5.87. The maximum absolute atomic E-state index is 12.5. The van der Waals surface area contributed by atoms with Crippen LogP contribution in [0.3, 0.4) is 0 Å². The zero-order valence-corrected chi connectivity index (χ0v) is 22.0. The van der Waals surface area contributed by atoms with Crippen molar-refractivity contribution < 1.29 is 14.3 Å². The van der Waals surface area contributed by atoms with E-state index >= 15 is 0 Å². The van der Waals surface area contributed by atoms with E-state index in [0.717, 1.165) is 38.2 Å². The van der Waals surface area contributed by atoms with Crippen molar-refractivity contribution >= 4 is 29.1 Å². The molecule has 3 aromatic rings. The molecule has 1 aliphatic heterocycles. The molecular weight excluding hydrogens is 486 g/mol. The van der Waals surface area contributed by atoms with E-state index in [0.29, 0.717) is 34.3 Å². The molecule has 1 unspecified atom stereocenters. The summed E-state index contributed by atoms with van der Waals surface area (Å²) in [6.07, 6.45) is 4.39. The second-order valence-electron chi connectivity index (χ2n) is 9.42. The van der Waals surface area contributed by atoms with Crippen molar-refractivity contribution in [2.45, 2.75) is 31.6 Å². The van der Waals surface area contributed by atoms with Gasteiger partial charge >= 0.3 is 0 Å². The lowest BCUT2D eigenvalue weighted by Crippen LogP contribution is -2.35. The summed E-state index contributed by atoms with van der Waals surface area (Å²) in [5, 5.41) is 6.41. The number of anilines is 1. The molecule has 1 fully saturated rings. The number of halogens is 1. The summed E-state index contributed by atoms with van der Waals surface area (Å²) in [7, 11) is 1.71. The van der Waals surface area contributed by atoms with Crippen LogP contribution in [0.2, 0.25) is 5.02 Å². The predicted octanol–water partition coefficient (Wildman–Crippen LogP) is 5.99. The third-order valence-corrected chi connectivity index (χ3v) is 7.02. The van der Waals surface area contributed by atoms with Gasteiger partial charge in [0.25, 0.3) is 11.8 Å². The average molecular weight is 520 g/mol. The van der Waals surface area contributed by atoms with E-state index in [1.165, 1.54) is 18.4 Å². The third kappa shape index (κ3) is 7.81. The third-order valence-electron chi connectivity index (χ3n) is 6.77. The molecule has 0 radical (unpaired) electrons. The second-order valence-corrected chi connectivity index (χ2v) is 9.85. The number of benzene rings is 3. The molecular formula is C30H34ClN3O3. The van der Waals surface area contributed by atoms with Crippen molar-refractivity contribution in [3.05, 3.63) is 94.5 Å². The van der Waals surface area contributed by atoms with Gasteiger partial charge in [0.15, 0.2) is 0 Å². The Morgan fingerprint density at radius 3 is 2.46 bits per heavy atom. The molecule has 0 bridgehead atoms. The van der Waals surface area contributed by atoms with Gasteiger partial charge in [-0.2, -0.15) is 0 Å². The zero-order chi connectivity index (χ0) is 26.0. The van der Waals surface area contributed by atoms with Crippen LogP contribution < -0.4 is 15.4 Å². The van der Waals surface area contributed by atoms with E-state index in [-0.39, 0.29) is 11.8 Å². The van der Waals surface area contributed by atoms with Crippen LogP contribution in [0.15, 0.2) is 72.8 Å². The van der Waals surface area contributed by atoms with Crippen molar-refractivity contribution in [2.75, 3.05) is 38.6 Å². The van der Waals surface area contributed by atoms with E-state index < -0.39 is 0 Å². The zero-order valence-electron chi connectivity index (χ0n) is 21.2. The van der Waals surface area contributed by atoms with Crippen molar-refractivity contribution in [2.24, 2.45) is 0 Å². The molecule has 194 valence electrons. The van der Waals surface area contributed by atoms with Gasteiger partial charge in [-0.1, -0.05) is 23.7 Å². The van der Waals surface area contributed by atoms with Crippen LogP contribution in [0.25, 0.3) is 0 Å². The van der Waals surface area contributed by atoms with Crippen LogP contribution in [-0.2, 0) is 0 Å². The second kappa shape index (κ2) is 13.3. The van der Waals surface area contributed by atoms with E-state index in [4.69, 9.17) is 16.3 Å². The lowest BCUT2D eigenvalue weighted by molar-refractivity contribution is 0.0951. The van der Waals surface area contributed by atoms with Gasteiger partial charge in [-0.05, 0) is 111 Å². The molecule has 1 atom stereocenters. The molecule has 1 saturated heterocycles. The Kier molecular flexibility index (Phi) is 9.58. The molecule has 7 heteroatoms. The summed E-state index contributed by atoms with van der Waals surface area (Å²) in [4.78, 5) is 27.4. The van der Waals surface area contributed by atoms with E-state index in [1.807, 2.05) is 6.07 Å². The SMILES string of the molecule is COc1cccc(C2CCCN(CCCCNC(=O)c3ccc(NC(=O)c4ccc(Cl)cc4)cc3)C2)c1. The number of carbonyl (C=O) groups excluding carboxylic acids is 2. The Hall–Kier alpha value is -3.35. The number of ether oxygens (including phenoxy) is 1. The molecule has 37 heavy (non-hydrogen) atoms. The number of hydrogen-bond acceptors (Lipinski definition) is 4. The smallest absolute Gasteiger partial charge is 0.255 e. The fourth-order valence-electron chi connectivity index (χ4n) is 4.70. The van der Waals surface area contributed by atoms with E-state index in [2.05, 4.69) is 33.7 Å². The van der Waals surface area contributed by atoms with Gasteiger partial charge in [-0.25, -0.2) is 0 Å². The molecule has 0 saturated carbocycles. The fourth-order valence-corrected chi connectivity index (χ4v) is 4.83. The number of carbonyl (C=O) groups is 2. The molecule has 1 aliphatic rings. The Labute approximate surface area is 224 Å². The molecule has 0 spiro atoms. The molecule has 0 aromatic heterocycles. The van der Waals surface area contributed by atoms with Gasteiger partial charge in [0.05, 0.1) is 7.11 Å². The molecule has 3 aromatic carbocycles. The highest BCUT2D eigenvalue weighted by molar-refractivity contribution is 6.30. The van der Waals surface area contributed by atoms with Gasteiger partial charge in [0, 0.05) is 34.9 Å². The number of methoxy groups -OCH3 is 1. The first-order valence-electron chi connectivity index (χ1n) is 12.8. The van der Waals surface area contributed by atoms with Crippen LogP contribution in [0.5, 0.6) is 5.75 Å². The Morgan fingerprint density at radius 2 is 1.70 bits per heavy atom. The highest BCUT2D eigenvalue weighted by Crippen LogP contribution is 2.29. The molecule has 2 amide bonds. The summed E-state index contributed by atoms with van der Waals surface area (Å²) in [6, 6.07) is 22.0. The number of rotatable bonds is 10. The topological polar surface area (TPSA) is 70.7 Å². The van der Waals surface area contributed by atoms with E-state index in [1.54, 1.807) is 55.6 Å². The fraction of sp³-hybridized carbons (Fsp3) is 0.333. The monoisotopic (exact) mass is 519 g/mol. The van der Waals surface area contributed by atoms with Crippen LogP contribution in [0, 0.1) is 0 Å². The minimum Gasteiger partial charge on any atom is -0.497 e. The van der Waals surface area contributed by atoms with Crippen molar-refractivity contribution in [3.63, 3.8) is 0 Å². The van der Waals surface area contributed by atoms with Crippen molar-refractivity contribution in [1.82, 2.24) is 10.2 Å². The first-order valence-corrected chi connectivity index (χ1v) is 13.2. The Morgan fingerprint density at radius 1 is 0.973 bits per heavy atom. The number of unbranched alkanes of at least 4 members (excludes halogenated alkanes) is 1. The Balaban J connectivity index is 1.16. The minimum absolute atomic E-state index is 0.105. The lowest BCUT2D eigenvalue weighted by atomic mass is 9.90. The number of amides is 2. The molecule has 2 N–H and O–H groups in total. The largest absolute Gasteiger partial charge is 0.497 e. The lowest BCUT2D eigenvalue weighted by Gasteiger charge is -2.33. The van der Waals surface area contributed by atoms with Crippen molar-refractivity contribution in [1.29, 1.82) is 0 Å². The molecule has 4 rings (SSSR count). The highest BCUT2D eigenvalue weighted by Gasteiger charge is 2.21. The maximum atomic E-state index is 12.5. The first kappa shape index (κ1) is 26.7. The molecule has 0 aliphatic carbocycles. The predicted molar refractivity (Wildman–Crippen MR) is 149 cm³/mol. The minimum atomic E-state index is -0.225. The highest BCUT2D eigenvalue weighted by atomic mass is 35.5. The van der Waals surface area contributed by atoms with Crippen LogP contribution >= 0.6 is 11.6 Å². The number of piperidine rings is 1. The van der Waals surface area contributed by atoms with Gasteiger partial charge in [-0.15, -0.1) is 0 Å². The standard InChI is InChI=1S/C30H34ClN3O3/c1-37-28-8-4-6-24(20-28)25-7-5-19-34(21-25)18-3-2-17-32-29(35)22-11-15-27(16-12-22)33-30(36)23-9-13-26(31)14-10-23/h4,6,8-16,20,25H,2-3,5,7,17-19,21H2,1H3,(H,32,35)(H,33,36). The van der Waals surface area contributed by atoms with Crippen LogP contribution in [0.4, 0.5) is 5.69 Å². The summed E-state index contributed by atoms with van der Waals surface area (Å²) in [5.74, 6) is 1.13. The normalized spacial score (nSPS) is 15.7. The van der Waals surface area contributed by atoms with E-state index in [9.17, 15) is 9.59 Å².